The van der Waals surface area contributed by atoms with Crippen LogP contribution in [-0.4, -0.2) is 65.4 Å². The highest BCUT2D eigenvalue weighted by Crippen LogP contribution is 2.44. The molecule has 0 amide bonds. The van der Waals surface area contributed by atoms with Crippen molar-refractivity contribution < 1.29 is 31.6 Å². The van der Waals surface area contributed by atoms with Gasteiger partial charge in [0.1, 0.15) is 6.10 Å². The fourth-order valence-corrected chi connectivity index (χ4v) is 10.5. The Balaban J connectivity index is 3.07. The Morgan fingerprint density at radius 1 is 1.04 bits per heavy atom. The minimum atomic E-state index is -3.52. The van der Waals surface area contributed by atoms with Crippen molar-refractivity contribution in [3.05, 3.63) is 0 Å². The second-order valence-electron chi connectivity index (χ2n) is 9.11. The molecule has 1 N–H and O–H groups in total. The van der Waals surface area contributed by atoms with Crippen molar-refractivity contribution in [1.82, 2.24) is 0 Å². The van der Waals surface area contributed by atoms with Crippen LogP contribution in [-0.2, 0) is 28.2 Å². The molecule has 3 atom stereocenters. The molecule has 0 saturated carbocycles. The largest absolute Gasteiger partial charge is 0.408 e. The molecular weight excluding hydrogens is 400 g/mol. The quantitative estimate of drug-likeness (QED) is 0.389. The van der Waals surface area contributed by atoms with Gasteiger partial charge in [-0.15, -0.1) is 0 Å². The first-order valence-electron chi connectivity index (χ1n) is 10.1. The van der Waals surface area contributed by atoms with E-state index in [0.29, 0.717) is 23.0 Å². The topological polar surface area (TPSA) is 91.3 Å². The van der Waals surface area contributed by atoms with Crippen LogP contribution in [0.25, 0.3) is 0 Å². The molecule has 0 unspecified atom stereocenters. The summed E-state index contributed by atoms with van der Waals surface area (Å²) in [6, 6.07) is 0. The molecule has 0 aromatic heterocycles. The molecule has 1 heterocycles. The molecule has 0 spiro atoms. The molecule has 1 aliphatic rings. The Labute approximate surface area is 172 Å². The summed E-state index contributed by atoms with van der Waals surface area (Å²) in [7, 11) is -5.76. The fraction of sp³-hybridized carbons (Fsp3) is 1.00. The van der Waals surface area contributed by atoms with E-state index >= 15 is 0 Å². The van der Waals surface area contributed by atoms with E-state index in [-0.39, 0.29) is 13.2 Å². The van der Waals surface area contributed by atoms with Gasteiger partial charge in [-0.1, -0.05) is 41.5 Å². The van der Waals surface area contributed by atoms with E-state index in [1.165, 1.54) is 0 Å². The van der Waals surface area contributed by atoms with Crippen LogP contribution < -0.4 is 0 Å². The molecule has 168 valence electrons. The summed E-state index contributed by atoms with van der Waals surface area (Å²) in [5.41, 5.74) is 1.09. The lowest BCUT2D eigenvalue weighted by Gasteiger charge is -2.45. The third-order valence-electron chi connectivity index (χ3n) is 5.53. The lowest BCUT2D eigenvalue weighted by atomic mass is 10.1. The van der Waals surface area contributed by atoms with Gasteiger partial charge in [-0.3, -0.25) is 4.18 Å². The van der Waals surface area contributed by atoms with Crippen molar-refractivity contribution in [3.63, 3.8) is 0 Å². The van der Waals surface area contributed by atoms with Gasteiger partial charge in [-0.25, -0.2) is 0 Å². The summed E-state index contributed by atoms with van der Waals surface area (Å²) in [5.74, 6) is -0.838. The van der Waals surface area contributed by atoms with E-state index in [0.717, 1.165) is 6.26 Å². The SMILES string of the molecule is CC(C)[Si](O[C@@H](CO)[C@H]1OC(C)(C)O[C@H]1CCOS(C)(=O)=O)(C(C)C)C(C)C. The average molecular weight is 441 g/mol. The van der Waals surface area contributed by atoms with Gasteiger partial charge in [0.25, 0.3) is 10.1 Å². The summed E-state index contributed by atoms with van der Waals surface area (Å²) in [4.78, 5) is 0. The van der Waals surface area contributed by atoms with Crippen molar-refractivity contribution in [2.45, 2.75) is 103 Å². The van der Waals surface area contributed by atoms with Crippen molar-refractivity contribution in [2.24, 2.45) is 0 Å². The molecule has 28 heavy (non-hydrogen) atoms. The minimum absolute atomic E-state index is 0.00129. The maximum Gasteiger partial charge on any atom is 0.264 e. The molecular formula is C19H40O7SSi. The van der Waals surface area contributed by atoms with Gasteiger partial charge in [0.2, 0.25) is 8.32 Å². The van der Waals surface area contributed by atoms with Crippen LogP contribution >= 0.6 is 0 Å². The van der Waals surface area contributed by atoms with Gasteiger partial charge in [-0.05, 0) is 30.5 Å². The normalized spacial score (nSPS) is 24.5. The maximum absolute atomic E-state index is 11.3. The van der Waals surface area contributed by atoms with Crippen molar-refractivity contribution >= 4 is 18.4 Å². The molecule has 9 heteroatoms. The van der Waals surface area contributed by atoms with Gasteiger partial charge in [-0.2, -0.15) is 8.42 Å². The van der Waals surface area contributed by atoms with Crippen LogP contribution in [0.15, 0.2) is 0 Å². The van der Waals surface area contributed by atoms with E-state index in [1.807, 2.05) is 13.8 Å². The maximum atomic E-state index is 11.3. The summed E-state index contributed by atoms with van der Waals surface area (Å²) in [5, 5.41) is 10.2. The highest BCUT2D eigenvalue weighted by atomic mass is 32.2. The summed E-state index contributed by atoms with van der Waals surface area (Å²) in [6.07, 6.45) is -0.101. The van der Waals surface area contributed by atoms with Crippen LogP contribution in [0.5, 0.6) is 0 Å². The molecule has 1 aliphatic heterocycles. The summed E-state index contributed by atoms with van der Waals surface area (Å²) >= 11 is 0. The first-order valence-corrected chi connectivity index (χ1v) is 14.1. The summed E-state index contributed by atoms with van der Waals surface area (Å²) in [6.45, 7) is 16.6. The zero-order valence-corrected chi connectivity index (χ0v) is 20.7. The fourth-order valence-electron chi connectivity index (χ4n) is 4.60. The van der Waals surface area contributed by atoms with E-state index in [4.69, 9.17) is 18.1 Å². The standard InChI is InChI=1S/C19H40O7SSi/c1-13(2)28(14(3)4,15(5)6)26-17(12-20)18-16(24-19(7,8)25-18)10-11-23-27(9,21)22/h13-18,20H,10-12H2,1-9H3/t16-,17-,18-/m0/s1. The van der Waals surface area contributed by atoms with E-state index in [1.54, 1.807) is 0 Å². The number of rotatable bonds is 11. The minimum Gasteiger partial charge on any atom is -0.408 e. The first kappa shape index (κ1) is 26.0. The van der Waals surface area contributed by atoms with Gasteiger partial charge >= 0.3 is 0 Å². The molecule has 0 aromatic carbocycles. The molecule has 1 rings (SSSR count). The lowest BCUT2D eigenvalue weighted by molar-refractivity contribution is -0.156. The van der Waals surface area contributed by atoms with Gasteiger partial charge in [0.05, 0.1) is 31.7 Å². The predicted octanol–water partition coefficient (Wildman–Crippen LogP) is 3.43. The van der Waals surface area contributed by atoms with E-state index in [9.17, 15) is 13.5 Å². The zero-order chi connectivity index (χ0) is 21.9. The highest BCUT2D eigenvalue weighted by molar-refractivity contribution is 7.85. The Bertz CT molecular complexity index is 567. The Morgan fingerprint density at radius 2 is 1.54 bits per heavy atom. The average Bonchev–Trinajstić information content (AvgIpc) is 2.81. The number of hydrogen-bond acceptors (Lipinski definition) is 7. The van der Waals surface area contributed by atoms with Crippen molar-refractivity contribution in [2.75, 3.05) is 19.5 Å². The van der Waals surface area contributed by atoms with Crippen LogP contribution in [0.3, 0.4) is 0 Å². The smallest absolute Gasteiger partial charge is 0.264 e. The van der Waals surface area contributed by atoms with Crippen molar-refractivity contribution in [3.8, 4) is 0 Å². The third kappa shape index (κ3) is 6.48. The second-order valence-corrected chi connectivity index (χ2v) is 16.2. The first-order chi connectivity index (χ1) is 12.7. The number of hydrogen-bond donors (Lipinski definition) is 1. The van der Waals surface area contributed by atoms with E-state index < -0.39 is 42.5 Å². The van der Waals surface area contributed by atoms with Gasteiger partial charge < -0.3 is 19.0 Å². The molecule has 0 aromatic rings. The summed E-state index contributed by atoms with van der Waals surface area (Å²) < 4.78 is 46.2. The molecule has 0 bridgehead atoms. The van der Waals surface area contributed by atoms with Crippen LogP contribution in [0.1, 0.15) is 61.8 Å². The zero-order valence-electron chi connectivity index (χ0n) is 18.9. The molecule has 0 aliphatic carbocycles. The molecule has 1 fully saturated rings. The predicted molar refractivity (Wildman–Crippen MR) is 112 cm³/mol. The highest BCUT2D eigenvalue weighted by Gasteiger charge is 2.51. The Morgan fingerprint density at radius 3 is 1.93 bits per heavy atom. The van der Waals surface area contributed by atoms with Gasteiger partial charge in [0, 0.05) is 6.42 Å². The number of aliphatic hydroxyl groups excluding tert-OH is 1. The van der Waals surface area contributed by atoms with Gasteiger partial charge in [0.15, 0.2) is 5.79 Å². The molecule has 0 radical (unpaired) electrons. The Kier molecular flexibility index (Phi) is 9.15. The second kappa shape index (κ2) is 9.85. The van der Waals surface area contributed by atoms with Crippen molar-refractivity contribution in [1.29, 1.82) is 0 Å². The Hall–Kier alpha value is -0.0331. The van der Waals surface area contributed by atoms with Crippen LogP contribution in [0.2, 0.25) is 16.6 Å². The number of ether oxygens (including phenoxy) is 2. The van der Waals surface area contributed by atoms with Crippen LogP contribution in [0.4, 0.5) is 0 Å². The molecule has 7 nitrogen and oxygen atoms in total. The number of aliphatic hydroxyl groups is 1. The monoisotopic (exact) mass is 440 g/mol. The van der Waals surface area contributed by atoms with E-state index in [2.05, 4.69) is 41.5 Å². The van der Waals surface area contributed by atoms with Crippen LogP contribution in [0, 0.1) is 0 Å². The lowest BCUT2D eigenvalue weighted by Crippen LogP contribution is -2.54. The molecule has 1 saturated heterocycles. The third-order valence-corrected chi connectivity index (χ3v) is 12.3.